The highest BCUT2D eigenvalue weighted by Crippen LogP contribution is 2.29. The molecule has 2 rings (SSSR count). The molecule has 1 atom stereocenters. The van der Waals surface area contributed by atoms with Crippen LogP contribution in [0.3, 0.4) is 0 Å². The molecule has 7 nitrogen and oxygen atoms in total. The predicted molar refractivity (Wildman–Crippen MR) is 88.5 cm³/mol. The van der Waals surface area contributed by atoms with Crippen molar-refractivity contribution >= 4 is 5.91 Å². The topological polar surface area (TPSA) is 89.8 Å². The summed E-state index contributed by atoms with van der Waals surface area (Å²) < 4.78 is 11.7. The number of methoxy groups -OCH3 is 2. The number of aryl methyl sites for hydroxylation is 1. The molecule has 1 aromatic heterocycles. The van der Waals surface area contributed by atoms with Crippen molar-refractivity contribution in [3.05, 3.63) is 58.0 Å². The van der Waals surface area contributed by atoms with Gasteiger partial charge in [0.05, 0.1) is 14.2 Å². The third-order valence-electron chi connectivity index (χ3n) is 3.62. The number of hydrogen-bond acceptors (Lipinski definition) is 5. The molecule has 7 heteroatoms. The van der Waals surface area contributed by atoms with E-state index in [9.17, 15) is 14.7 Å². The molecule has 0 saturated heterocycles. The van der Waals surface area contributed by atoms with Crippen molar-refractivity contribution in [1.82, 2.24) is 9.88 Å². The Morgan fingerprint density at radius 2 is 2.00 bits per heavy atom. The van der Waals surface area contributed by atoms with Crippen molar-refractivity contribution in [3.63, 3.8) is 0 Å². The lowest BCUT2D eigenvalue weighted by atomic mass is 10.1. The number of nitrogens with zero attached hydrogens (tertiary/aromatic N) is 1. The summed E-state index contributed by atoms with van der Waals surface area (Å²) >= 11 is 0. The molecule has 0 aliphatic rings. The molecule has 2 aromatic rings. The number of ether oxygens (including phenoxy) is 2. The molecule has 0 unspecified atom stereocenters. The lowest BCUT2D eigenvalue weighted by Gasteiger charge is -2.16. The largest absolute Gasteiger partial charge is 0.497 e. The Bertz CT molecular complexity index is 785. The third-order valence-corrected chi connectivity index (χ3v) is 3.62. The summed E-state index contributed by atoms with van der Waals surface area (Å²) in [5, 5.41) is 12.9. The minimum Gasteiger partial charge on any atom is -0.497 e. The Balaban J connectivity index is 2.09. The van der Waals surface area contributed by atoms with E-state index in [0.29, 0.717) is 17.1 Å². The van der Waals surface area contributed by atoms with Gasteiger partial charge in [-0.3, -0.25) is 9.59 Å². The first-order valence-corrected chi connectivity index (χ1v) is 7.31. The summed E-state index contributed by atoms with van der Waals surface area (Å²) in [4.78, 5) is 23.7. The highest BCUT2D eigenvalue weighted by atomic mass is 16.5. The van der Waals surface area contributed by atoms with Gasteiger partial charge in [-0.15, -0.1) is 0 Å². The number of aromatic nitrogens is 1. The summed E-state index contributed by atoms with van der Waals surface area (Å²) in [5.74, 6) is 0.627. The van der Waals surface area contributed by atoms with Crippen molar-refractivity contribution in [2.45, 2.75) is 6.10 Å². The molecule has 0 aliphatic heterocycles. The molecule has 24 heavy (non-hydrogen) atoms. The van der Waals surface area contributed by atoms with Crippen LogP contribution >= 0.6 is 0 Å². The van der Waals surface area contributed by atoms with Gasteiger partial charge in [-0.1, -0.05) is 0 Å². The lowest BCUT2D eigenvalue weighted by molar-refractivity contribution is 0.0914. The number of benzene rings is 1. The van der Waals surface area contributed by atoms with E-state index in [1.807, 2.05) is 0 Å². The van der Waals surface area contributed by atoms with E-state index in [1.165, 1.54) is 37.1 Å². The van der Waals surface area contributed by atoms with E-state index in [2.05, 4.69) is 5.32 Å². The zero-order valence-corrected chi connectivity index (χ0v) is 13.8. The molecule has 0 spiro atoms. The van der Waals surface area contributed by atoms with Crippen LogP contribution in [0.5, 0.6) is 11.5 Å². The Hall–Kier alpha value is -2.80. The Morgan fingerprint density at radius 1 is 1.25 bits per heavy atom. The Kier molecular flexibility index (Phi) is 5.59. The zero-order valence-electron chi connectivity index (χ0n) is 13.8. The summed E-state index contributed by atoms with van der Waals surface area (Å²) in [5.41, 5.74) is 0.460. The molecule has 0 saturated carbocycles. The molecule has 0 aliphatic carbocycles. The van der Waals surface area contributed by atoms with Crippen molar-refractivity contribution < 1.29 is 19.4 Å². The molecule has 1 aromatic carbocycles. The summed E-state index contributed by atoms with van der Waals surface area (Å²) in [7, 11) is 4.62. The first-order chi connectivity index (χ1) is 11.5. The number of pyridine rings is 1. The average Bonchev–Trinajstić information content (AvgIpc) is 2.60. The highest BCUT2D eigenvalue weighted by molar-refractivity contribution is 5.93. The smallest absolute Gasteiger partial charge is 0.251 e. The molecule has 0 fully saturated rings. The lowest BCUT2D eigenvalue weighted by Crippen LogP contribution is -2.30. The first-order valence-electron chi connectivity index (χ1n) is 7.31. The monoisotopic (exact) mass is 332 g/mol. The molecule has 0 radical (unpaired) electrons. The number of carbonyl (C=O) groups excluding carboxylic acids is 1. The van der Waals surface area contributed by atoms with Crippen LogP contribution in [0, 0.1) is 0 Å². The van der Waals surface area contributed by atoms with Gasteiger partial charge >= 0.3 is 0 Å². The minimum atomic E-state index is -0.981. The maximum atomic E-state index is 12.1. The van der Waals surface area contributed by atoms with Gasteiger partial charge in [0, 0.05) is 37.0 Å². The van der Waals surface area contributed by atoms with Crippen molar-refractivity contribution in [3.8, 4) is 11.5 Å². The average molecular weight is 332 g/mol. The number of nitrogens with one attached hydrogen (secondary N) is 1. The second-order valence-corrected chi connectivity index (χ2v) is 5.20. The maximum absolute atomic E-state index is 12.1. The molecule has 128 valence electrons. The van der Waals surface area contributed by atoms with E-state index in [1.54, 1.807) is 25.2 Å². The van der Waals surface area contributed by atoms with E-state index < -0.39 is 12.0 Å². The number of hydrogen-bond donors (Lipinski definition) is 2. The number of carbonyl (C=O) groups is 1. The minimum absolute atomic E-state index is 0.0302. The number of amides is 1. The zero-order chi connectivity index (χ0) is 17.7. The van der Waals surface area contributed by atoms with Crippen LogP contribution in [0.25, 0.3) is 0 Å². The van der Waals surface area contributed by atoms with Crippen molar-refractivity contribution in [2.24, 2.45) is 7.05 Å². The number of rotatable bonds is 6. The molecule has 0 bridgehead atoms. The number of aliphatic hydroxyl groups is 1. The predicted octanol–water partition coefficient (Wildman–Crippen LogP) is 0.866. The van der Waals surface area contributed by atoms with Gasteiger partial charge in [0.1, 0.15) is 17.6 Å². The van der Waals surface area contributed by atoms with Gasteiger partial charge in [0.25, 0.3) is 11.5 Å². The van der Waals surface area contributed by atoms with E-state index in [4.69, 9.17) is 9.47 Å². The van der Waals surface area contributed by atoms with Gasteiger partial charge < -0.3 is 24.5 Å². The second kappa shape index (κ2) is 7.65. The fraction of sp³-hybridized carbons (Fsp3) is 0.294. The molecule has 1 amide bonds. The van der Waals surface area contributed by atoms with Crippen LogP contribution in [0.15, 0.2) is 41.3 Å². The third kappa shape index (κ3) is 3.94. The van der Waals surface area contributed by atoms with Crippen LogP contribution in [0.4, 0.5) is 0 Å². The first kappa shape index (κ1) is 17.6. The van der Waals surface area contributed by atoms with Gasteiger partial charge in [-0.05, 0) is 24.3 Å². The standard InChI is InChI=1S/C17H20N2O5/c1-19-7-6-11(8-16(19)21)17(22)18-10-14(20)13-9-12(23-2)4-5-15(13)24-3/h4-9,14,20H,10H2,1-3H3,(H,18,22)/t14-/m1/s1. The van der Waals surface area contributed by atoms with Gasteiger partial charge in [-0.25, -0.2) is 0 Å². The maximum Gasteiger partial charge on any atom is 0.251 e. The SMILES string of the molecule is COc1ccc(OC)c([C@H](O)CNC(=O)c2ccn(C)c(=O)c2)c1. The molecular formula is C17H20N2O5. The van der Waals surface area contributed by atoms with Crippen LogP contribution in [0.1, 0.15) is 22.0 Å². The van der Waals surface area contributed by atoms with Crippen LogP contribution in [-0.2, 0) is 7.05 Å². The Morgan fingerprint density at radius 3 is 2.62 bits per heavy atom. The highest BCUT2D eigenvalue weighted by Gasteiger charge is 2.16. The Labute approximate surface area is 139 Å². The van der Waals surface area contributed by atoms with Gasteiger partial charge in [0.15, 0.2) is 0 Å². The summed E-state index contributed by atoms with van der Waals surface area (Å²) in [6.45, 7) is -0.0302. The fourth-order valence-electron chi connectivity index (χ4n) is 2.19. The van der Waals surface area contributed by atoms with Crippen molar-refractivity contribution in [1.29, 1.82) is 0 Å². The van der Waals surface area contributed by atoms with Gasteiger partial charge in [-0.2, -0.15) is 0 Å². The molecule has 2 N–H and O–H groups in total. The summed E-state index contributed by atoms with van der Waals surface area (Å²) in [6.07, 6.45) is 0.532. The van der Waals surface area contributed by atoms with Crippen LogP contribution in [-0.4, -0.2) is 36.3 Å². The van der Waals surface area contributed by atoms with Crippen LogP contribution in [0.2, 0.25) is 0 Å². The summed E-state index contributed by atoms with van der Waals surface area (Å²) in [6, 6.07) is 7.82. The molecular weight excluding hydrogens is 312 g/mol. The normalized spacial score (nSPS) is 11.7. The van der Waals surface area contributed by atoms with E-state index >= 15 is 0 Å². The van der Waals surface area contributed by atoms with E-state index in [0.717, 1.165) is 0 Å². The quantitative estimate of drug-likeness (QED) is 0.819. The number of aliphatic hydroxyl groups excluding tert-OH is 1. The second-order valence-electron chi connectivity index (χ2n) is 5.20. The molecule has 1 heterocycles. The van der Waals surface area contributed by atoms with Crippen molar-refractivity contribution in [2.75, 3.05) is 20.8 Å². The van der Waals surface area contributed by atoms with Gasteiger partial charge in [0.2, 0.25) is 0 Å². The van der Waals surface area contributed by atoms with E-state index in [-0.39, 0.29) is 17.7 Å². The fourth-order valence-corrected chi connectivity index (χ4v) is 2.19. The van der Waals surface area contributed by atoms with Crippen LogP contribution < -0.4 is 20.3 Å².